The van der Waals surface area contributed by atoms with E-state index in [1.165, 1.54) is 18.9 Å². The molecule has 86 valence electrons. The van der Waals surface area contributed by atoms with Crippen LogP contribution in [0, 0.1) is 5.82 Å². The van der Waals surface area contributed by atoms with E-state index in [0.717, 1.165) is 5.56 Å². The number of benzene rings is 1. The van der Waals surface area contributed by atoms with Gasteiger partial charge >= 0.3 is 0 Å². The van der Waals surface area contributed by atoms with Crippen LogP contribution in [0.1, 0.15) is 18.4 Å². The summed E-state index contributed by atoms with van der Waals surface area (Å²) in [7, 11) is 0. The molecule has 0 amide bonds. The Labute approximate surface area is 104 Å². The molecule has 0 radical (unpaired) electrons. The van der Waals surface area contributed by atoms with Gasteiger partial charge in [0.25, 0.3) is 0 Å². The van der Waals surface area contributed by atoms with E-state index >= 15 is 0 Å². The van der Waals surface area contributed by atoms with Crippen LogP contribution in [0.15, 0.2) is 18.2 Å². The number of hydrogen-bond donors (Lipinski definition) is 2. The summed E-state index contributed by atoms with van der Waals surface area (Å²) in [5, 5.41) is 7.00. The van der Waals surface area contributed by atoms with Crippen LogP contribution in [-0.4, -0.2) is 11.2 Å². The van der Waals surface area contributed by atoms with Gasteiger partial charge in [0.15, 0.2) is 5.11 Å². The average molecular weight is 259 g/mol. The van der Waals surface area contributed by atoms with Gasteiger partial charge in [0.1, 0.15) is 5.82 Å². The van der Waals surface area contributed by atoms with Crippen molar-refractivity contribution in [3.05, 3.63) is 34.6 Å². The molecule has 1 aromatic carbocycles. The minimum atomic E-state index is -0.399. The van der Waals surface area contributed by atoms with E-state index in [1.807, 2.05) is 0 Å². The fourth-order valence-electron chi connectivity index (χ4n) is 1.30. The molecule has 0 spiro atoms. The minimum absolute atomic E-state index is 0.139. The van der Waals surface area contributed by atoms with Crippen LogP contribution in [0.4, 0.5) is 4.39 Å². The highest BCUT2D eigenvalue weighted by atomic mass is 35.5. The molecule has 16 heavy (non-hydrogen) atoms. The summed E-state index contributed by atoms with van der Waals surface area (Å²) in [4.78, 5) is 0. The Morgan fingerprint density at radius 1 is 1.50 bits per heavy atom. The number of nitrogens with one attached hydrogen (secondary N) is 2. The number of halogens is 2. The zero-order valence-electron chi connectivity index (χ0n) is 8.59. The normalized spacial score (nSPS) is 14.6. The molecule has 0 aliphatic heterocycles. The lowest BCUT2D eigenvalue weighted by atomic mass is 10.2. The molecule has 2 N–H and O–H groups in total. The van der Waals surface area contributed by atoms with Gasteiger partial charge in [0.2, 0.25) is 0 Å². The first-order valence-electron chi connectivity index (χ1n) is 5.13. The first kappa shape index (κ1) is 11.6. The molecular formula is C11H12ClFN2S. The third-order valence-corrected chi connectivity index (χ3v) is 2.90. The van der Waals surface area contributed by atoms with Gasteiger partial charge in [-0.2, -0.15) is 0 Å². The summed E-state index contributed by atoms with van der Waals surface area (Å²) in [6, 6.07) is 5.19. The second-order valence-corrected chi connectivity index (χ2v) is 4.67. The summed E-state index contributed by atoms with van der Waals surface area (Å²) in [6.45, 7) is 0.554. The van der Waals surface area contributed by atoms with Crippen molar-refractivity contribution >= 4 is 28.9 Å². The molecule has 5 heteroatoms. The SMILES string of the molecule is Fc1ccc(CNC(=S)NC2CC2)cc1Cl. The van der Waals surface area contributed by atoms with Crippen LogP contribution >= 0.6 is 23.8 Å². The Bertz CT molecular complexity index is 407. The topological polar surface area (TPSA) is 24.1 Å². The third-order valence-electron chi connectivity index (χ3n) is 2.35. The van der Waals surface area contributed by atoms with Gasteiger partial charge in [-0.1, -0.05) is 17.7 Å². The van der Waals surface area contributed by atoms with Crippen molar-refractivity contribution < 1.29 is 4.39 Å². The van der Waals surface area contributed by atoms with Crippen LogP contribution < -0.4 is 10.6 Å². The van der Waals surface area contributed by atoms with Crippen molar-refractivity contribution in [1.29, 1.82) is 0 Å². The second kappa shape index (κ2) is 4.97. The van der Waals surface area contributed by atoms with E-state index in [1.54, 1.807) is 12.1 Å². The highest BCUT2D eigenvalue weighted by Gasteiger charge is 2.21. The van der Waals surface area contributed by atoms with Gasteiger partial charge in [-0.25, -0.2) is 4.39 Å². The molecule has 1 saturated carbocycles. The van der Waals surface area contributed by atoms with E-state index in [4.69, 9.17) is 23.8 Å². The molecule has 1 aliphatic carbocycles. The van der Waals surface area contributed by atoms with Crippen molar-refractivity contribution in [2.24, 2.45) is 0 Å². The molecule has 1 aliphatic rings. The Kier molecular flexibility index (Phi) is 3.61. The molecule has 1 aromatic rings. The predicted molar refractivity (Wildman–Crippen MR) is 67.0 cm³/mol. The maximum atomic E-state index is 12.9. The van der Waals surface area contributed by atoms with Crippen LogP contribution in [0.2, 0.25) is 5.02 Å². The number of thiocarbonyl (C=S) groups is 1. The quantitative estimate of drug-likeness (QED) is 0.815. The van der Waals surface area contributed by atoms with E-state index in [2.05, 4.69) is 10.6 Å². The lowest BCUT2D eigenvalue weighted by molar-refractivity contribution is 0.627. The van der Waals surface area contributed by atoms with Gasteiger partial charge in [0.05, 0.1) is 5.02 Å². The summed E-state index contributed by atoms with van der Waals surface area (Å²) in [6.07, 6.45) is 2.37. The molecule has 0 saturated heterocycles. The van der Waals surface area contributed by atoms with Crippen LogP contribution in [0.5, 0.6) is 0 Å². The number of rotatable bonds is 3. The van der Waals surface area contributed by atoms with Crippen LogP contribution in [-0.2, 0) is 6.54 Å². The third kappa shape index (κ3) is 3.32. The zero-order chi connectivity index (χ0) is 11.5. The molecule has 0 bridgehead atoms. The van der Waals surface area contributed by atoms with Crippen molar-refractivity contribution in [3.8, 4) is 0 Å². The lowest BCUT2D eigenvalue weighted by Gasteiger charge is -2.09. The molecule has 0 unspecified atom stereocenters. The molecule has 0 aromatic heterocycles. The average Bonchev–Trinajstić information content (AvgIpc) is 3.04. The van der Waals surface area contributed by atoms with E-state index in [0.29, 0.717) is 17.7 Å². The maximum absolute atomic E-state index is 12.9. The van der Waals surface area contributed by atoms with E-state index in [9.17, 15) is 4.39 Å². The molecule has 2 rings (SSSR count). The second-order valence-electron chi connectivity index (χ2n) is 3.85. The van der Waals surface area contributed by atoms with Crippen LogP contribution in [0.25, 0.3) is 0 Å². The minimum Gasteiger partial charge on any atom is -0.360 e. The highest BCUT2D eigenvalue weighted by molar-refractivity contribution is 7.80. The largest absolute Gasteiger partial charge is 0.360 e. The van der Waals surface area contributed by atoms with Crippen molar-refractivity contribution in [1.82, 2.24) is 10.6 Å². The van der Waals surface area contributed by atoms with Crippen molar-refractivity contribution in [2.45, 2.75) is 25.4 Å². The summed E-state index contributed by atoms with van der Waals surface area (Å²) < 4.78 is 12.9. The maximum Gasteiger partial charge on any atom is 0.166 e. The summed E-state index contributed by atoms with van der Waals surface area (Å²) in [5.74, 6) is -0.399. The monoisotopic (exact) mass is 258 g/mol. The molecule has 2 nitrogen and oxygen atoms in total. The first-order valence-corrected chi connectivity index (χ1v) is 5.92. The molecule has 0 heterocycles. The van der Waals surface area contributed by atoms with E-state index < -0.39 is 5.82 Å². The van der Waals surface area contributed by atoms with Crippen molar-refractivity contribution in [3.63, 3.8) is 0 Å². The Hall–Kier alpha value is -0.870. The fraction of sp³-hybridized carbons (Fsp3) is 0.364. The zero-order valence-corrected chi connectivity index (χ0v) is 10.2. The van der Waals surface area contributed by atoms with Crippen LogP contribution in [0.3, 0.4) is 0 Å². The molecule has 0 atom stereocenters. The Morgan fingerprint density at radius 2 is 2.25 bits per heavy atom. The van der Waals surface area contributed by atoms with Gasteiger partial charge in [-0.05, 0) is 42.8 Å². The lowest BCUT2D eigenvalue weighted by Crippen LogP contribution is -2.36. The van der Waals surface area contributed by atoms with Gasteiger partial charge in [-0.15, -0.1) is 0 Å². The molecule has 1 fully saturated rings. The number of hydrogen-bond acceptors (Lipinski definition) is 1. The molecular weight excluding hydrogens is 247 g/mol. The smallest absolute Gasteiger partial charge is 0.166 e. The van der Waals surface area contributed by atoms with Crippen molar-refractivity contribution in [2.75, 3.05) is 0 Å². The van der Waals surface area contributed by atoms with E-state index in [-0.39, 0.29) is 5.02 Å². The summed E-state index contributed by atoms with van der Waals surface area (Å²) in [5.41, 5.74) is 0.909. The van der Waals surface area contributed by atoms with Gasteiger partial charge < -0.3 is 10.6 Å². The fourth-order valence-corrected chi connectivity index (χ4v) is 1.74. The standard InChI is InChI=1S/C11H12ClFN2S/c12-9-5-7(1-4-10(9)13)6-14-11(16)15-8-2-3-8/h1,4-5,8H,2-3,6H2,(H2,14,15,16). The Balaban J connectivity index is 1.83. The predicted octanol–water partition coefficient (Wildman–Crippen LogP) is 2.61. The summed E-state index contributed by atoms with van der Waals surface area (Å²) >= 11 is 10.8. The first-order chi connectivity index (χ1) is 7.65. The Morgan fingerprint density at radius 3 is 2.88 bits per heavy atom. The van der Waals surface area contributed by atoms with Gasteiger partial charge in [0, 0.05) is 12.6 Å². The van der Waals surface area contributed by atoms with Gasteiger partial charge in [-0.3, -0.25) is 0 Å². The highest BCUT2D eigenvalue weighted by Crippen LogP contribution is 2.18.